The van der Waals surface area contributed by atoms with Gasteiger partial charge in [-0.1, -0.05) is 63.3 Å². The maximum Gasteiger partial charge on any atom is 0.267 e. The Morgan fingerprint density at radius 1 is 1.12 bits per heavy atom. The summed E-state index contributed by atoms with van der Waals surface area (Å²) in [5, 5.41) is 0. The predicted octanol–water partition coefficient (Wildman–Crippen LogP) is 6.48. The molecule has 4 rings (SSSR count). The number of unbranched alkanes of at least 4 members (excludes halogenated alkanes) is 3. The van der Waals surface area contributed by atoms with E-state index in [1.54, 1.807) is 0 Å². The Hall–Kier alpha value is -1.15. The van der Waals surface area contributed by atoms with Crippen molar-refractivity contribution in [3.8, 4) is 0 Å². The van der Waals surface area contributed by atoms with Crippen LogP contribution >= 0.6 is 0 Å². The highest BCUT2D eigenvalue weighted by Crippen LogP contribution is 2.53. The summed E-state index contributed by atoms with van der Waals surface area (Å²) in [6, 6.07) is 6.31. The summed E-state index contributed by atoms with van der Waals surface area (Å²) in [7, 11) is 0. The zero-order chi connectivity index (χ0) is 16.6. The number of hydrogen-bond donors (Lipinski definition) is 0. The average molecular weight is 328 g/mol. The molecule has 1 aliphatic heterocycles. The predicted molar refractivity (Wildman–Crippen MR) is 96.6 cm³/mol. The van der Waals surface area contributed by atoms with Crippen LogP contribution < -0.4 is 0 Å². The van der Waals surface area contributed by atoms with Gasteiger partial charge in [0.2, 0.25) is 0 Å². The molecule has 0 amide bonds. The standard InChI is InChI=1S/C22H29FO/c1-2-3-4-5-6-16-7-9-17(10-8-16)18-11-13-20-19(15-18)12-14-21-22(20,23)24-21/h11-17,21H,2-10H2,1H3. The minimum atomic E-state index is -1.53. The summed E-state index contributed by atoms with van der Waals surface area (Å²) in [5.41, 5.74) is 3.14. The topological polar surface area (TPSA) is 12.5 Å². The van der Waals surface area contributed by atoms with E-state index in [9.17, 15) is 4.39 Å². The molecule has 1 aromatic rings. The molecular weight excluding hydrogens is 299 g/mol. The number of halogens is 1. The number of ether oxygens (including phenoxy) is 1. The fourth-order valence-corrected chi connectivity index (χ4v) is 4.65. The third-order valence-corrected chi connectivity index (χ3v) is 6.28. The molecule has 0 spiro atoms. The van der Waals surface area contributed by atoms with Crippen LogP contribution in [0.5, 0.6) is 0 Å². The Balaban J connectivity index is 1.34. The molecule has 2 heteroatoms. The molecule has 1 saturated carbocycles. The van der Waals surface area contributed by atoms with Gasteiger partial charge in [-0.15, -0.1) is 0 Å². The lowest BCUT2D eigenvalue weighted by Gasteiger charge is -2.29. The fourth-order valence-electron chi connectivity index (χ4n) is 4.65. The van der Waals surface area contributed by atoms with Crippen molar-refractivity contribution in [1.29, 1.82) is 0 Å². The van der Waals surface area contributed by atoms with Gasteiger partial charge in [0.25, 0.3) is 5.85 Å². The number of rotatable bonds is 6. The molecule has 130 valence electrons. The summed E-state index contributed by atoms with van der Waals surface area (Å²) in [6.07, 6.45) is 15.8. The van der Waals surface area contributed by atoms with Crippen molar-refractivity contribution in [3.63, 3.8) is 0 Å². The van der Waals surface area contributed by atoms with Crippen LogP contribution in [-0.2, 0) is 10.6 Å². The van der Waals surface area contributed by atoms with Gasteiger partial charge in [-0.25, -0.2) is 4.39 Å². The van der Waals surface area contributed by atoms with Gasteiger partial charge in [-0.2, -0.15) is 0 Å². The Kier molecular flexibility index (Phi) is 4.51. The second-order valence-corrected chi connectivity index (χ2v) is 7.96. The Morgan fingerprint density at radius 3 is 2.75 bits per heavy atom. The van der Waals surface area contributed by atoms with E-state index in [0.717, 1.165) is 17.0 Å². The summed E-state index contributed by atoms with van der Waals surface area (Å²) >= 11 is 0. The first-order valence-corrected chi connectivity index (χ1v) is 9.90. The summed E-state index contributed by atoms with van der Waals surface area (Å²) in [5.74, 6) is 0.0630. The quantitative estimate of drug-likeness (QED) is 0.430. The molecule has 1 saturated heterocycles. The number of fused-ring (bicyclic) bond motifs is 3. The lowest BCUT2D eigenvalue weighted by atomic mass is 9.76. The molecule has 2 atom stereocenters. The molecule has 2 unspecified atom stereocenters. The first kappa shape index (κ1) is 16.3. The first-order valence-electron chi connectivity index (χ1n) is 9.90. The molecule has 1 nitrogen and oxygen atoms in total. The fraction of sp³-hybridized carbons (Fsp3) is 0.636. The Morgan fingerprint density at radius 2 is 1.96 bits per heavy atom. The molecule has 0 bridgehead atoms. The van der Waals surface area contributed by atoms with Crippen LogP contribution in [-0.4, -0.2) is 6.10 Å². The van der Waals surface area contributed by atoms with Crippen LogP contribution in [0.15, 0.2) is 24.3 Å². The lowest BCUT2D eigenvalue weighted by Crippen LogP contribution is -2.15. The molecular formula is C22H29FO. The van der Waals surface area contributed by atoms with Crippen LogP contribution in [0, 0.1) is 5.92 Å². The number of benzene rings is 1. The molecule has 1 aromatic carbocycles. The third-order valence-electron chi connectivity index (χ3n) is 6.28. The van der Waals surface area contributed by atoms with Crippen molar-refractivity contribution in [3.05, 3.63) is 41.0 Å². The number of hydrogen-bond acceptors (Lipinski definition) is 1. The zero-order valence-corrected chi connectivity index (χ0v) is 14.8. The van der Waals surface area contributed by atoms with Gasteiger partial charge in [0, 0.05) is 5.56 Å². The van der Waals surface area contributed by atoms with Crippen molar-refractivity contribution in [2.75, 3.05) is 0 Å². The zero-order valence-electron chi connectivity index (χ0n) is 14.8. The molecule has 24 heavy (non-hydrogen) atoms. The summed E-state index contributed by atoms with van der Waals surface area (Å²) in [6.45, 7) is 2.28. The molecule has 0 radical (unpaired) electrons. The molecule has 1 heterocycles. The van der Waals surface area contributed by atoms with E-state index in [1.807, 2.05) is 18.2 Å². The SMILES string of the molecule is CCCCCCC1CCC(c2ccc3c(c2)C=CC2OC32F)CC1. The van der Waals surface area contributed by atoms with Gasteiger partial charge in [0.1, 0.15) is 6.10 Å². The highest BCUT2D eigenvalue weighted by molar-refractivity contribution is 5.62. The maximum atomic E-state index is 14.5. The van der Waals surface area contributed by atoms with Gasteiger partial charge in [0.15, 0.2) is 0 Å². The second-order valence-electron chi connectivity index (χ2n) is 7.96. The number of epoxide rings is 1. The van der Waals surface area contributed by atoms with Crippen molar-refractivity contribution < 1.29 is 9.13 Å². The first-order chi connectivity index (χ1) is 11.7. The van der Waals surface area contributed by atoms with Crippen LogP contribution in [0.2, 0.25) is 0 Å². The van der Waals surface area contributed by atoms with E-state index in [4.69, 9.17) is 4.74 Å². The maximum absolute atomic E-state index is 14.5. The highest BCUT2D eigenvalue weighted by Gasteiger charge is 2.60. The van der Waals surface area contributed by atoms with Crippen LogP contribution in [0.25, 0.3) is 6.08 Å². The van der Waals surface area contributed by atoms with Gasteiger partial charge in [-0.05, 0) is 54.7 Å². The monoisotopic (exact) mass is 328 g/mol. The van der Waals surface area contributed by atoms with E-state index < -0.39 is 5.85 Å². The van der Waals surface area contributed by atoms with E-state index in [2.05, 4.69) is 19.1 Å². The van der Waals surface area contributed by atoms with E-state index >= 15 is 0 Å². The summed E-state index contributed by atoms with van der Waals surface area (Å²) in [4.78, 5) is 0. The number of alkyl halides is 1. The molecule has 3 aliphatic rings. The van der Waals surface area contributed by atoms with Crippen LogP contribution in [0.3, 0.4) is 0 Å². The van der Waals surface area contributed by atoms with Crippen LogP contribution in [0.4, 0.5) is 4.39 Å². The largest absolute Gasteiger partial charge is 0.326 e. The summed E-state index contributed by atoms with van der Waals surface area (Å²) < 4.78 is 19.7. The lowest BCUT2D eigenvalue weighted by molar-refractivity contribution is 0.141. The van der Waals surface area contributed by atoms with Crippen molar-refractivity contribution >= 4 is 6.08 Å². The molecule has 2 fully saturated rings. The van der Waals surface area contributed by atoms with Gasteiger partial charge in [-0.3, -0.25) is 0 Å². The van der Waals surface area contributed by atoms with E-state index in [-0.39, 0.29) is 6.10 Å². The van der Waals surface area contributed by atoms with E-state index in [0.29, 0.717) is 5.92 Å². The Bertz CT molecular complexity index is 614. The molecule has 0 aromatic heterocycles. The van der Waals surface area contributed by atoms with Crippen LogP contribution in [0.1, 0.15) is 87.3 Å². The average Bonchev–Trinajstić information content (AvgIpc) is 3.31. The minimum absolute atomic E-state index is 0.348. The smallest absolute Gasteiger partial charge is 0.267 e. The highest BCUT2D eigenvalue weighted by atomic mass is 19.2. The van der Waals surface area contributed by atoms with Gasteiger partial charge < -0.3 is 4.74 Å². The van der Waals surface area contributed by atoms with Crippen molar-refractivity contribution in [1.82, 2.24) is 0 Å². The van der Waals surface area contributed by atoms with E-state index in [1.165, 1.54) is 63.4 Å². The second kappa shape index (κ2) is 6.63. The van der Waals surface area contributed by atoms with Crippen molar-refractivity contribution in [2.45, 2.75) is 82.6 Å². The molecule has 2 aliphatic carbocycles. The van der Waals surface area contributed by atoms with Gasteiger partial charge >= 0.3 is 0 Å². The normalized spacial score (nSPS) is 33.8. The Labute approximate surface area is 145 Å². The van der Waals surface area contributed by atoms with Crippen molar-refractivity contribution in [2.24, 2.45) is 5.92 Å². The third kappa shape index (κ3) is 3.06. The molecule has 0 N–H and O–H groups in total. The minimum Gasteiger partial charge on any atom is -0.326 e. The van der Waals surface area contributed by atoms with Gasteiger partial charge in [0.05, 0.1) is 0 Å².